The largest absolute Gasteiger partial charge is 0.462 e. The van der Waals surface area contributed by atoms with Gasteiger partial charge in [-0.1, -0.05) is 0 Å². The number of nitrogens with one attached hydrogen (secondary N) is 2. The van der Waals surface area contributed by atoms with Gasteiger partial charge in [0.05, 0.1) is 17.1 Å². The number of nitro benzene ring substituents is 1. The molecule has 1 aromatic carbocycles. The van der Waals surface area contributed by atoms with Crippen molar-refractivity contribution in [1.29, 1.82) is 0 Å². The highest BCUT2D eigenvalue weighted by Crippen LogP contribution is 2.28. The Labute approximate surface area is 122 Å². The molecule has 0 spiro atoms. The van der Waals surface area contributed by atoms with Gasteiger partial charge in [-0.3, -0.25) is 14.9 Å². The first-order chi connectivity index (χ1) is 10.5. The number of fused-ring (bicyclic) bond motifs is 3. The van der Waals surface area contributed by atoms with Gasteiger partial charge in [-0.2, -0.15) is 0 Å². The fourth-order valence-electron chi connectivity index (χ4n) is 2.40. The molecule has 0 aliphatic heterocycles. The van der Waals surface area contributed by atoms with E-state index in [-0.39, 0.29) is 23.4 Å². The monoisotopic (exact) mass is 301 g/mol. The minimum atomic E-state index is -0.591. The van der Waals surface area contributed by atoms with E-state index in [1.807, 2.05) is 0 Å². The summed E-state index contributed by atoms with van der Waals surface area (Å²) in [6.45, 7) is 1.86. The van der Waals surface area contributed by atoms with Crippen LogP contribution < -0.4 is 5.56 Å². The van der Waals surface area contributed by atoms with E-state index >= 15 is 0 Å². The van der Waals surface area contributed by atoms with Crippen molar-refractivity contribution in [2.24, 2.45) is 0 Å². The summed E-state index contributed by atoms with van der Waals surface area (Å²) in [5, 5.41) is 11.7. The van der Waals surface area contributed by atoms with Gasteiger partial charge in [0.2, 0.25) is 0 Å². The molecule has 0 fully saturated rings. The van der Waals surface area contributed by atoms with Crippen LogP contribution in [0.2, 0.25) is 0 Å². The van der Waals surface area contributed by atoms with Gasteiger partial charge < -0.3 is 14.7 Å². The molecule has 0 aliphatic rings. The van der Waals surface area contributed by atoms with Gasteiger partial charge in [0.15, 0.2) is 0 Å². The lowest BCUT2D eigenvalue weighted by molar-refractivity contribution is -0.384. The first-order valence-corrected chi connectivity index (χ1v) is 6.51. The standard InChI is InChI=1S/C14H11N3O5/c1-2-22-14(19)9-6-15-12-11(9)8-5-7(17(20)21)3-4-10(8)16-13(12)18/h3-6,15H,2H2,1H3,(H,16,18). The predicted octanol–water partition coefficient (Wildman–Crippen LogP) is 2.09. The van der Waals surface area contributed by atoms with Gasteiger partial charge in [0.25, 0.3) is 11.2 Å². The average molecular weight is 301 g/mol. The lowest BCUT2D eigenvalue weighted by Gasteiger charge is -2.03. The number of nitro groups is 1. The number of carbonyl (C=O) groups is 1. The van der Waals surface area contributed by atoms with Crippen LogP contribution in [0.5, 0.6) is 0 Å². The Morgan fingerprint density at radius 3 is 2.86 bits per heavy atom. The molecule has 0 atom stereocenters. The fraction of sp³-hybridized carbons (Fsp3) is 0.143. The minimum absolute atomic E-state index is 0.128. The molecule has 2 aromatic heterocycles. The van der Waals surface area contributed by atoms with Crippen molar-refractivity contribution in [3.63, 3.8) is 0 Å². The molecule has 0 unspecified atom stereocenters. The molecule has 0 bridgehead atoms. The van der Waals surface area contributed by atoms with E-state index in [1.54, 1.807) is 6.92 Å². The van der Waals surface area contributed by atoms with Gasteiger partial charge in [-0.05, 0) is 13.0 Å². The number of pyridine rings is 1. The number of benzene rings is 1. The van der Waals surface area contributed by atoms with Gasteiger partial charge in [0.1, 0.15) is 5.52 Å². The third-order valence-corrected chi connectivity index (χ3v) is 3.33. The van der Waals surface area contributed by atoms with E-state index in [1.165, 1.54) is 24.4 Å². The number of aromatic amines is 2. The zero-order valence-electron chi connectivity index (χ0n) is 11.5. The van der Waals surface area contributed by atoms with Crippen LogP contribution in [0.25, 0.3) is 21.8 Å². The first kappa shape index (κ1) is 13.8. The van der Waals surface area contributed by atoms with Crippen LogP contribution in [-0.2, 0) is 4.74 Å². The zero-order valence-corrected chi connectivity index (χ0v) is 11.5. The maximum absolute atomic E-state index is 12.0. The number of hydrogen-bond acceptors (Lipinski definition) is 5. The van der Waals surface area contributed by atoms with Crippen molar-refractivity contribution in [3.05, 3.63) is 50.4 Å². The molecule has 112 valence electrons. The molecular formula is C14H11N3O5. The quantitative estimate of drug-likeness (QED) is 0.436. The summed E-state index contributed by atoms with van der Waals surface area (Å²) < 4.78 is 4.96. The predicted molar refractivity (Wildman–Crippen MR) is 79.0 cm³/mol. The number of carbonyl (C=O) groups excluding carboxylic acids is 1. The summed E-state index contributed by atoms with van der Waals surface area (Å²) in [7, 11) is 0. The summed E-state index contributed by atoms with van der Waals surface area (Å²) in [5.74, 6) is -0.591. The van der Waals surface area contributed by atoms with Gasteiger partial charge >= 0.3 is 5.97 Å². The van der Waals surface area contributed by atoms with E-state index in [0.29, 0.717) is 16.3 Å². The number of aromatic nitrogens is 2. The van der Waals surface area contributed by atoms with Gasteiger partial charge in [-0.15, -0.1) is 0 Å². The molecule has 0 aliphatic carbocycles. The van der Waals surface area contributed by atoms with Crippen LogP contribution in [0.15, 0.2) is 29.2 Å². The zero-order chi connectivity index (χ0) is 15.9. The average Bonchev–Trinajstić information content (AvgIpc) is 2.93. The number of ether oxygens (including phenoxy) is 1. The minimum Gasteiger partial charge on any atom is -0.462 e. The maximum atomic E-state index is 12.0. The Bertz CT molecular complexity index is 970. The molecule has 0 saturated carbocycles. The van der Waals surface area contributed by atoms with Crippen molar-refractivity contribution in [3.8, 4) is 0 Å². The van der Waals surface area contributed by atoms with E-state index in [2.05, 4.69) is 9.97 Å². The van der Waals surface area contributed by atoms with Crippen LogP contribution in [0.4, 0.5) is 5.69 Å². The molecular weight excluding hydrogens is 290 g/mol. The lowest BCUT2D eigenvalue weighted by atomic mass is 10.1. The van der Waals surface area contributed by atoms with Crippen LogP contribution >= 0.6 is 0 Å². The molecule has 22 heavy (non-hydrogen) atoms. The van der Waals surface area contributed by atoms with Crippen molar-refractivity contribution < 1.29 is 14.5 Å². The summed E-state index contributed by atoms with van der Waals surface area (Å²) in [4.78, 5) is 39.8. The number of nitrogens with zero attached hydrogens (tertiary/aromatic N) is 1. The summed E-state index contributed by atoms with van der Waals surface area (Å²) in [5.41, 5.74) is 0.224. The summed E-state index contributed by atoms with van der Waals surface area (Å²) >= 11 is 0. The number of esters is 1. The van der Waals surface area contributed by atoms with E-state index < -0.39 is 16.5 Å². The third kappa shape index (κ3) is 2.01. The Morgan fingerprint density at radius 2 is 2.18 bits per heavy atom. The normalized spacial score (nSPS) is 11.0. The molecule has 8 nitrogen and oxygen atoms in total. The molecule has 2 heterocycles. The fourth-order valence-corrected chi connectivity index (χ4v) is 2.40. The number of rotatable bonds is 3. The van der Waals surface area contributed by atoms with Crippen molar-refractivity contribution >= 4 is 33.5 Å². The van der Waals surface area contributed by atoms with E-state index in [4.69, 9.17) is 4.74 Å². The van der Waals surface area contributed by atoms with E-state index in [0.717, 1.165) is 0 Å². The summed E-state index contributed by atoms with van der Waals surface area (Å²) in [6, 6.07) is 4.06. The third-order valence-electron chi connectivity index (χ3n) is 3.33. The molecule has 8 heteroatoms. The highest BCUT2D eigenvalue weighted by molar-refractivity contribution is 6.15. The molecule has 0 amide bonds. The van der Waals surface area contributed by atoms with Crippen molar-refractivity contribution in [2.45, 2.75) is 6.92 Å². The van der Waals surface area contributed by atoms with Crippen molar-refractivity contribution in [2.75, 3.05) is 6.61 Å². The summed E-state index contributed by atoms with van der Waals surface area (Å²) in [6.07, 6.45) is 1.37. The molecule has 2 N–H and O–H groups in total. The Hall–Kier alpha value is -3.16. The van der Waals surface area contributed by atoms with Crippen molar-refractivity contribution in [1.82, 2.24) is 9.97 Å². The second-order valence-corrected chi connectivity index (χ2v) is 4.61. The molecule has 0 radical (unpaired) electrons. The Balaban J connectivity index is 2.42. The smallest absolute Gasteiger partial charge is 0.340 e. The highest BCUT2D eigenvalue weighted by Gasteiger charge is 2.19. The van der Waals surface area contributed by atoms with Crippen LogP contribution in [0.1, 0.15) is 17.3 Å². The maximum Gasteiger partial charge on any atom is 0.340 e. The molecule has 3 rings (SSSR count). The van der Waals surface area contributed by atoms with Crippen LogP contribution in [-0.4, -0.2) is 27.5 Å². The number of H-pyrrole nitrogens is 2. The lowest BCUT2D eigenvalue weighted by Crippen LogP contribution is -2.08. The van der Waals surface area contributed by atoms with Gasteiger partial charge in [-0.25, -0.2) is 4.79 Å². The first-order valence-electron chi connectivity index (χ1n) is 6.51. The van der Waals surface area contributed by atoms with E-state index in [9.17, 15) is 19.7 Å². The van der Waals surface area contributed by atoms with Crippen LogP contribution in [0.3, 0.4) is 0 Å². The second-order valence-electron chi connectivity index (χ2n) is 4.61. The topological polar surface area (TPSA) is 118 Å². The molecule has 3 aromatic rings. The SMILES string of the molecule is CCOC(=O)c1c[nH]c2c(=O)[nH]c3ccc([N+](=O)[O-])cc3c12. The molecule has 0 saturated heterocycles. The van der Waals surface area contributed by atoms with Crippen LogP contribution in [0, 0.1) is 10.1 Å². The Morgan fingerprint density at radius 1 is 1.41 bits per heavy atom. The number of non-ortho nitro benzene ring substituents is 1. The van der Waals surface area contributed by atoms with Gasteiger partial charge in [0, 0.05) is 34.6 Å². The highest BCUT2D eigenvalue weighted by atomic mass is 16.6. The Kier molecular flexibility index (Phi) is 3.13. The number of hydrogen-bond donors (Lipinski definition) is 2. The second kappa shape index (κ2) is 4.99.